The number of anilines is 5. The van der Waals surface area contributed by atoms with Gasteiger partial charge < -0.3 is 59.2 Å². The van der Waals surface area contributed by atoms with Gasteiger partial charge in [0.15, 0.2) is 28.9 Å². The Morgan fingerprint density at radius 1 is 0.456 bits per heavy atom. The van der Waals surface area contributed by atoms with E-state index >= 15 is 0 Å². The van der Waals surface area contributed by atoms with Crippen LogP contribution in [0.2, 0.25) is 0 Å². The molecular weight excluding hydrogens is 1540 g/mol. The number of imidazole rings is 4. The molecule has 15 aromatic rings. The number of ether oxygens (including phenoxy) is 2. The van der Waals surface area contributed by atoms with Gasteiger partial charge in [0.25, 0.3) is 0 Å². The molecule has 35 nitrogen and oxygen atoms in total. The number of hydrogen-bond donors (Lipinski definition) is 7. The van der Waals surface area contributed by atoms with E-state index in [-0.39, 0.29) is 73.2 Å². The van der Waals surface area contributed by atoms with Crippen LogP contribution in [0.3, 0.4) is 0 Å². The molecular formula is C66H62BF12N26O9. The molecule has 48 heteroatoms. The summed E-state index contributed by atoms with van der Waals surface area (Å²) >= 11 is 0. The normalized spacial score (nSPS) is 11.0. The fraction of sp³-hybridized carbons (Fsp3) is 0.182. The van der Waals surface area contributed by atoms with Crippen LogP contribution in [-0.2, 0) is 48.3 Å². The Balaban J connectivity index is 0.000000252. The summed E-state index contributed by atoms with van der Waals surface area (Å²) < 4.78 is 164. The number of hydrogen-bond acceptors (Lipinski definition) is 24. The first-order valence-corrected chi connectivity index (χ1v) is 30.5. The van der Waals surface area contributed by atoms with Crippen molar-refractivity contribution in [3.63, 3.8) is 0 Å². The number of aromatic amines is 1. The number of methoxy groups -OCH3 is 2. The van der Waals surface area contributed by atoms with E-state index in [0.717, 1.165) is 28.4 Å². The number of fused-ring (bicyclic) bond motifs is 7. The van der Waals surface area contributed by atoms with Crippen LogP contribution in [0.1, 0.15) is 61.1 Å². The third kappa shape index (κ3) is 23.0. The van der Waals surface area contributed by atoms with Gasteiger partial charge in [0.1, 0.15) is 45.0 Å². The van der Waals surface area contributed by atoms with E-state index in [9.17, 15) is 81.5 Å². The zero-order valence-electron chi connectivity index (χ0n) is 56.1. The van der Waals surface area contributed by atoms with Crippen LogP contribution in [0, 0.1) is 0 Å². The number of nitrogens with two attached hydrogens (primary N) is 1. The molecule has 0 saturated carbocycles. The molecule has 0 saturated heterocycles. The Morgan fingerprint density at radius 2 is 0.851 bits per heavy atom. The zero-order chi connectivity index (χ0) is 79.2. The maximum absolute atomic E-state index is 12.3. The number of carbonyl (C=O) groups excluding carboxylic acids is 6. The maximum atomic E-state index is 12.3. The lowest BCUT2D eigenvalue weighted by molar-refractivity contribution is -0.167. The fourth-order valence-corrected chi connectivity index (χ4v) is 9.14. The van der Waals surface area contributed by atoms with Crippen molar-refractivity contribution < 1.29 is 97.5 Å². The second-order valence-corrected chi connectivity index (χ2v) is 21.9. The van der Waals surface area contributed by atoms with Gasteiger partial charge in [0.2, 0.25) is 11.3 Å². The Bertz CT molecular complexity index is 5620. The lowest BCUT2D eigenvalue weighted by atomic mass is 10.3. The van der Waals surface area contributed by atoms with Gasteiger partial charge in [-0.25, -0.2) is 58.8 Å². The number of carbonyl (C=O) groups is 6. The van der Waals surface area contributed by atoms with Crippen molar-refractivity contribution in [2.24, 2.45) is 0 Å². The molecule has 8 N–H and O–H groups in total. The predicted octanol–water partition coefficient (Wildman–Crippen LogP) is 9.57. The van der Waals surface area contributed by atoms with E-state index in [1.54, 1.807) is 122 Å². The monoisotopic (exact) mass is 1600 g/mol. The van der Waals surface area contributed by atoms with Gasteiger partial charge in [-0.3, -0.25) is 19.2 Å². The van der Waals surface area contributed by atoms with E-state index in [2.05, 4.69) is 85.4 Å². The number of nitrogens with zero attached hydrogens (tertiary/aromatic N) is 20. The third-order valence-corrected chi connectivity index (χ3v) is 14.1. The van der Waals surface area contributed by atoms with Crippen molar-refractivity contribution in [2.75, 3.05) is 41.2 Å². The number of rotatable bonds is 11. The number of esters is 2. The highest BCUT2D eigenvalue weighted by atomic mass is 19.4. The quantitative estimate of drug-likeness (QED) is 0.0360. The molecule has 0 unspecified atom stereocenters. The van der Waals surface area contributed by atoms with E-state index in [1.165, 1.54) is 87.2 Å². The van der Waals surface area contributed by atoms with Crippen LogP contribution < -0.4 is 27.0 Å². The Kier molecular flexibility index (Phi) is 29.2. The highest BCUT2D eigenvalue weighted by Crippen LogP contribution is 2.24. The number of halogens is 12. The van der Waals surface area contributed by atoms with Gasteiger partial charge in [0, 0.05) is 59.4 Å². The highest BCUT2D eigenvalue weighted by molar-refractivity contribution is 5.96. The number of pyridine rings is 8. The van der Waals surface area contributed by atoms with Crippen molar-refractivity contribution in [2.45, 2.75) is 66.7 Å². The first kappa shape index (κ1) is 88.3. The summed E-state index contributed by atoms with van der Waals surface area (Å²) in [6.07, 6.45) is -2.35. The van der Waals surface area contributed by atoms with Gasteiger partial charge in [-0.2, -0.15) is 63.0 Å². The summed E-state index contributed by atoms with van der Waals surface area (Å²) in [7, 11) is 2.52. The number of nitrogens with one attached hydrogen (secondary N) is 5. The smallest absolute Gasteiger partial charge is 0.465 e. The summed E-state index contributed by atoms with van der Waals surface area (Å²) in [5.74, 6) is -9.78. The summed E-state index contributed by atoms with van der Waals surface area (Å²) in [6.45, 7) is 0.560. The Morgan fingerprint density at radius 3 is 1.30 bits per heavy atom. The molecule has 0 atom stereocenters. The molecule has 0 aliphatic carbocycles. The minimum atomic E-state index is -4.99. The van der Waals surface area contributed by atoms with Crippen molar-refractivity contribution in [1.29, 1.82) is 0 Å². The summed E-state index contributed by atoms with van der Waals surface area (Å²) in [5, 5.41) is 41.8. The first-order chi connectivity index (χ1) is 52.2. The number of aliphatic hydroxyl groups is 1. The second-order valence-electron chi connectivity index (χ2n) is 21.9. The number of aliphatic hydroxyl groups excluding tert-OH is 1. The van der Waals surface area contributed by atoms with Crippen molar-refractivity contribution >= 4 is 129 Å². The van der Waals surface area contributed by atoms with Crippen LogP contribution in [0.15, 0.2) is 171 Å². The molecule has 3 radical (unpaired) electrons. The molecule has 0 fully saturated rings. The molecule has 15 rings (SSSR count). The molecule has 0 aliphatic rings. The minimum Gasteiger partial charge on any atom is -0.465 e. The number of alkyl halides is 12. The summed E-state index contributed by atoms with van der Waals surface area (Å²) in [5.41, 5.74) is 13.6. The SMILES string of the molecule is C.C.C.COC(=O)c1ccc(N)nc1.COC(=O)c1ccc2nc(NC(=O)C(F)(F)F)cn2c1.O=C(Nc1cn2cc(CO)ccc2n1)C(F)(F)F.O=C(Nc1cn2cc(Cn3nnc4cccnc43)ccc2n1)C(F)(F)F.O=C(Nc1cn2cc(Cn3nnc4ncccc43)ccc2n1)C(F)(F)F.[2HH].[B].c1cnc2n[nH]nc2c1. The van der Waals surface area contributed by atoms with Gasteiger partial charge in [-0.05, 0) is 95.6 Å². The Hall–Kier alpha value is -14.6. The molecule has 0 aliphatic heterocycles. The maximum Gasteiger partial charge on any atom is 0.471 e. The lowest BCUT2D eigenvalue weighted by Gasteiger charge is -2.04. The molecule has 15 aromatic heterocycles. The van der Waals surface area contributed by atoms with Crippen LogP contribution in [0.4, 0.5) is 81.8 Å². The van der Waals surface area contributed by atoms with Crippen LogP contribution in [0.5, 0.6) is 0 Å². The Labute approximate surface area is 634 Å². The van der Waals surface area contributed by atoms with Gasteiger partial charge >= 0.3 is 60.3 Å². The van der Waals surface area contributed by atoms with Gasteiger partial charge in [0.05, 0.1) is 69.8 Å². The van der Waals surface area contributed by atoms with Crippen LogP contribution >= 0.6 is 0 Å². The number of nitrogen functional groups attached to an aromatic ring is 1. The summed E-state index contributed by atoms with van der Waals surface area (Å²) in [6, 6.07) is 26.7. The fourth-order valence-electron chi connectivity index (χ4n) is 9.14. The summed E-state index contributed by atoms with van der Waals surface area (Å²) in [4.78, 5) is 97.0. The first-order valence-electron chi connectivity index (χ1n) is 30.5. The van der Waals surface area contributed by atoms with E-state index < -0.39 is 60.3 Å². The molecule has 0 bridgehead atoms. The van der Waals surface area contributed by atoms with Crippen LogP contribution in [-0.4, -0.2) is 191 Å². The number of H-pyrrole nitrogens is 1. The van der Waals surface area contributed by atoms with E-state index in [1.807, 2.05) is 18.2 Å². The largest absolute Gasteiger partial charge is 0.471 e. The molecule has 4 amide bonds. The molecule has 114 heavy (non-hydrogen) atoms. The molecule has 0 aromatic carbocycles. The average molecular weight is 1600 g/mol. The van der Waals surface area contributed by atoms with Crippen LogP contribution in [0.25, 0.3) is 56.1 Å². The average Bonchev–Trinajstić information content (AvgIpc) is 1.69. The lowest BCUT2D eigenvalue weighted by Crippen LogP contribution is -2.30. The number of aromatic nitrogens is 21. The van der Waals surface area contributed by atoms with Crippen molar-refractivity contribution in [3.05, 3.63) is 199 Å². The predicted molar refractivity (Wildman–Crippen MR) is 385 cm³/mol. The topological polar surface area (TPSA) is 439 Å². The van der Waals surface area contributed by atoms with Crippen molar-refractivity contribution in [3.8, 4) is 0 Å². The van der Waals surface area contributed by atoms with Gasteiger partial charge in [-0.15, -0.1) is 15.3 Å². The molecule has 597 valence electrons. The zero-order valence-corrected chi connectivity index (χ0v) is 56.1. The second kappa shape index (κ2) is 37.7. The van der Waals surface area contributed by atoms with Crippen molar-refractivity contribution in [1.82, 2.24) is 103 Å². The number of amides is 4. The van der Waals surface area contributed by atoms with E-state index in [4.69, 9.17) is 10.8 Å². The van der Waals surface area contributed by atoms with E-state index in [0.29, 0.717) is 69.4 Å². The minimum absolute atomic E-state index is 0. The van der Waals surface area contributed by atoms with Gasteiger partial charge in [-0.1, -0.05) is 50.9 Å². The standard InChI is InChI=1S/2C15H10F3N7O.C11H8F3N3O3.C10H8F3N3O2.C7H8N2O2.C5H4N4.3CH4.B.H2/c16-15(17,18)14(26)21-11-8-24-6-9(3-4-12(24)20-11)7-25-10-2-1-5-19-13(10)22-23-25;16-15(17,18)14(26)21-11-8-24-6-9(3-4-12(24)20-11)7-25-13-10(22-23-25)2-1-5-19-13;1-20-9(18)6-2-3-8-15-7(5-17(8)4-6)16-10(19)11(12,13)14;11-10(12,13)9(18)15-7-4-16-3-6(5-17)1-2-8(16)14-7;1-11-7(10)5-2-3-6(8)9-4-5;1-2-4-5(6-3-1)8-9-7-4;;;;;/h2*1-6,8H,7H2,(H,21,26);2-5H,1H3,(H,16,19);1-4,17H,5H2,(H,15,18);2-4H,1H3,(H2,8,9);1-3H,(H,6,7,8,9);3*1H4;;1H/i;;;;;;;;;;1+1. The molecule has 0 spiro atoms. The third-order valence-electron chi connectivity index (χ3n) is 14.1. The highest BCUT2D eigenvalue weighted by Gasteiger charge is 2.41. The molecule has 15 heterocycles.